The van der Waals surface area contributed by atoms with Gasteiger partial charge in [0.2, 0.25) is 0 Å². The molecule has 1 fully saturated rings. The number of nitrogens with zero attached hydrogens (tertiary/aromatic N) is 1. The van der Waals surface area contributed by atoms with Crippen LogP contribution in [-0.4, -0.2) is 28.1 Å². The molecule has 1 aliphatic heterocycles. The number of rotatable bonds is 3. The number of ether oxygens (including phenoxy) is 1. The van der Waals surface area contributed by atoms with Crippen molar-refractivity contribution in [3.63, 3.8) is 0 Å². The molecule has 2 heterocycles. The van der Waals surface area contributed by atoms with Crippen LogP contribution in [0.5, 0.6) is 0 Å². The SMILES string of the molecule is CC(O)c1ccc(SC2CCOC2C)nc1. The molecule has 1 aromatic rings. The lowest BCUT2D eigenvalue weighted by atomic mass is 10.2. The van der Waals surface area contributed by atoms with Crippen LogP contribution in [0.15, 0.2) is 23.4 Å². The minimum absolute atomic E-state index is 0.309. The van der Waals surface area contributed by atoms with E-state index in [9.17, 15) is 5.11 Å². The van der Waals surface area contributed by atoms with Crippen molar-refractivity contribution in [1.82, 2.24) is 4.98 Å². The number of pyridine rings is 1. The zero-order valence-corrected chi connectivity index (χ0v) is 10.4. The number of hydrogen-bond acceptors (Lipinski definition) is 4. The second-order valence-electron chi connectivity index (χ2n) is 4.13. The molecular formula is C12H17NO2S. The molecule has 0 saturated carbocycles. The van der Waals surface area contributed by atoms with Crippen LogP contribution in [0.1, 0.15) is 31.9 Å². The Morgan fingerprint density at radius 1 is 1.56 bits per heavy atom. The fourth-order valence-corrected chi connectivity index (χ4v) is 2.79. The molecule has 2 rings (SSSR count). The molecule has 4 heteroatoms. The van der Waals surface area contributed by atoms with Crippen LogP contribution in [0.2, 0.25) is 0 Å². The highest BCUT2D eigenvalue weighted by molar-refractivity contribution is 7.99. The molecule has 0 bridgehead atoms. The molecular weight excluding hydrogens is 222 g/mol. The predicted octanol–water partition coefficient (Wildman–Crippen LogP) is 2.40. The van der Waals surface area contributed by atoms with E-state index in [0.717, 1.165) is 23.6 Å². The van der Waals surface area contributed by atoms with Crippen molar-refractivity contribution < 1.29 is 9.84 Å². The van der Waals surface area contributed by atoms with E-state index in [2.05, 4.69) is 11.9 Å². The third-order valence-electron chi connectivity index (χ3n) is 2.82. The van der Waals surface area contributed by atoms with Gasteiger partial charge in [0, 0.05) is 18.1 Å². The van der Waals surface area contributed by atoms with Crippen molar-refractivity contribution >= 4 is 11.8 Å². The normalized spacial score (nSPS) is 26.9. The third kappa shape index (κ3) is 2.75. The maximum absolute atomic E-state index is 9.37. The second-order valence-corrected chi connectivity index (χ2v) is 5.39. The van der Waals surface area contributed by atoms with Crippen molar-refractivity contribution in [3.05, 3.63) is 23.9 Å². The standard InChI is InChI=1S/C12H17NO2S/c1-8(14)10-3-4-12(13-7-10)16-11-5-6-15-9(11)2/h3-4,7-9,11,14H,5-6H2,1-2H3. The molecule has 1 aliphatic rings. The summed E-state index contributed by atoms with van der Waals surface area (Å²) in [6.07, 6.45) is 2.70. The van der Waals surface area contributed by atoms with Crippen LogP contribution in [0.4, 0.5) is 0 Å². The van der Waals surface area contributed by atoms with E-state index < -0.39 is 6.10 Å². The number of aliphatic hydroxyl groups excluding tert-OH is 1. The first-order valence-electron chi connectivity index (χ1n) is 5.59. The highest BCUT2D eigenvalue weighted by atomic mass is 32.2. The summed E-state index contributed by atoms with van der Waals surface area (Å²) in [6.45, 7) is 4.70. The average molecular weight is 239 g/mol. The van der Waals surface area contributed by atoms with Gasteiger partial charge >= 0.3 is 0 Å². The van der Waals surface area contributed by atoms with Gasteiger partial charge in [-0.1, -0.05) is 6.07 Å². The van der Waals surface area contributed by atoms with E-state index in [-0.39, 0.29) is 0 Å². The molecule has 0 amide bonds. The quantitative estimate of drug-likeness (QED) is 0.879. The summed E-state index contributed by atoms with van der Waals surface area (Å²) in [5.41, 5.74) is 0.861. The molecule has 0 radical (unpaired) electrons. The van der Waals surface area contributed by atoms with Gasteiger partial charge in [-0.2, -0.15) is 0 Å². The van der Waals surface area contributed by atoms with Crippen LogP contribution in [0.3, 0.4) is 0 Å². The number of aromatic nitrogens is 1. The number of hydrogen-bond donors (Lipinski definition) is 1. The molecule has 0 aliphatic carbocycles. The lowest BCUT2D eigenvalue weighted by Crippen LogP contribution is -2.13. The second kappa shape index (κ2) is 5.17. The van der Waals surface area contributed by atoms with Gasteiger partial charge in [0.1, 0.15) is 0 Å². The predicted molar refractivity (Wildman–Crippen MR) is 64.5 cm³/mol. The molecule has 1 saturated heterocycles. The Labute approximate surface area is 100 Å². The van der Waals surface area contributed by atoms with Crippen molar-refractivity contribution in [2.75, 3.05) is 6.61 Å². The molecule has 0 spiro atoms. The molecule has 16 heavy (non-hydrogen) atoms. The van der Waals surface area contributed by atoms with E-state index >= 15 is 0 Å². The Bertz CT molecular complexity index is 339. The average Bonchev–Trinajstić information content (AvgIpc) is 2.65. The van der Waals surface area contributed by atoms with Crippen molar-refractivity contribution in [2.24, 2.45) is 0 Å². The van der Waals surface area contributed by atoms with Crippen LogP contribution >= 0.6 is 11.8 Å². The van der Waals surface area contributed by atoms with E-state index in [0.29, 0.717) is 11.4 Å². The molecule has 3 nitrogen and oxygen atoms in total. The Morgan fingerprint density at radius 2 is 2.38 bits per heavy atom. The summed E-state index contributed by atoms with van der Waals surface area (Å²) < 4.78 is 5.51. The maximum atomic E-state index is 9.37. The molecule has 0 aromatic carbocycles. The fourth-order valence-electron chi connectivity index (χ4n) is 1.73. The summed E-state index contributed by atoms with van der Waals surface area (Å²) >= 11 is 1.76. The first-order chi connectivity index (χ1) is 7.66. The van der Waals surface area contributed by atoms with Crippen LogP contribution in [-0.2, 0) is 4.74 Å². The summed E-state index contributed by atoms with van der Waals surface area (Å²) in [4.78, 5) is 4.35. The van der Waals surface area contributed by atoms with Gasteiger partial charge < -0.3 is 9.84 Å². The lowest BCUT2D eigenvalue weighted by Gasteiger charge is -2.13. The first-order valence-corrected chi connectivity index (χ1v) is 6.47. The third-order valence-corrected chi connectivity index (χ3v) is 4.23. The fraction of sp³-hybridized carbons (Fsp3) is 0.583. The molecule has 3 unspecified atom stereocenters. The topological polar surface area (TPSA) is 42.4 Å². The van der Waals surface area contributed by atoms with Gasteiger partial charge in [0.25, 0.3) is 0 Å². The maximum Gasteiger partial charge on any atom is 0.0963 e. The van der Waals surface area contributed by atoms with Gasteiger partial charge in [0.15, 0.2) is 0 Å². The van der Waals surface area contributed by atoms with Crippen LogP contribution < -0.4 is 0 Å². The summed E-state index contributed by atoms with van der Waals surface area (Å²) in [6, 6.07) is 3.90. The van der Waals surface area contributed by atoms with Crippen molar-refractivity contribution in [3.8, 4) is 0 Å². The lowest BCUT2D eigenvalue weighted by molar-refractivity contribution is 0.127. The largest absolute Gasteiger partial charge is 0.389 e. The van der Waals surface area contributed by atoms with Gasteiger partial charge in [0.05, 0.1) is 17.2 Å². The van der Waals surface area contributed by atoms with Crippen LogP contribution in [0.25, 0.3) is 0 Å². The molecule has 3 atom stereocenters. The number of aliphatic hydroxyl groups is 1. The zero-order chi connectivity index (χ0) is 11.5. The Balaban J connectivity index is 1.99. The van der Waals surface area contributed by atoms with E-state index in [4.69, 9.17) is 4.74 Å². The highest BCUT2D eigenvalue weighted by Gasteiger charge is 2.25. The van der Waals surface area contributed by atoms with E-state index in [1.807, 2.05) is 12.1 Å². The molecule has 1 aromatic heterocycles. The van der Waals surface area contributed by atoms with Gasteiger partial charge in [-0.3, -0.25) is 0 Å². The summed E-state index contributed by atoms with van der Waals surface area (Å²) in [5.74, 6) is 0. The Kier molecular flexibility index (Phi) is 3.84. The summed E-state index contributed by atoms with van der Waals surface area (Å²) in [5, 5.41) is 10.9. The summed E-state index contributed by atoms with van der Waals surface area (Å²) in [7, 11) is 0. The van der Waals surface area contributed by atoms with Crippen molar-refractivity contribution in [1.29, 1.82) is 0 Å². The monoisotopic (exact) mass is 239 g/mol. The molecule has 88 valence electrons. The van der Waals surface area contributed by atoms with E-state index in [1.165, 1.54) is 0 Å². The highest BCUT2D eigenvalue weighted by Crippen LogP contribution is 2.31. The van der Waals surface area contributed by atoms with Crippen molar-refractivity contribution in [2.45, 2.75) is 42.8 Å². The minimum Gasteiger partial charge on any atom is -0.389 e. The van der Waals surface area contributed by atoms with E-state index in [1.54, 1.807) is 24.9 Å². The van der Waals surface area contributed by atoms with Crippen LogP contribution in [0, 0.1) is 0 Å². The smallest absolute Gasteiger partial charge is 0.0963 e. The van der Waals surface area contributed by atoms with Gasteiger partial charge in [-0.15, -0.1) is 11.8 Å². The van der Waals surface area contributed by atoms with Gasteiger partial charge in [-0.25, -0.2) is 4.98 Å². The molecule has 1 N–H and O–H groups in total. The van der Waals surface area contributed by atoms with Gasteiger partial charge in [-0.05, 0) is 31.9 Å². The first kappa shape index (κ1) is 11.9. The Hall–Kier alpha value is -0.580. The Morgan fingerprint density at radius 3 is 2.88 bits per heavy atom. The zero-order valence-electron chi connectivity index (χ0n) is 9.59. The minimum atomic E-state index is -0.444. The number of thioether (sulfide) groups is 1.